The topological polar surface area (TPSA) is 75.2 Å². The Balaban J connectivity index is 1.67. The molecule has 0 aliphatic heterocycles. The number of carbonyl (C=O) groups excluding carboxylic acids is 2. The monoisotopic (exact) mass is 388 g/mol. The van der Waals surface area contributed by atoms with Crippen LogP contribution in [0, 0.1) is 0 Å². The molecule has 0 saturated carbocycles. The molecule has 3 aromatic rings. The summed E-state index contributed by atoms with van der Waals surface area (Å²) in [6.45, 7) is -0.145. The molecule has 1 aromatic heterocycles. The van der Waals surface area contributed by atoms with Crippen molar-refractivity contribution in [2.45, 2.75) is 0 Å². The Hall–Kier alpha value is -2.70. The Kier molecular flexibility index (Phi) is 5.35. The Morgan fingerprint density at radius 1 is 1.08 bits per heavy atom. The Morgan fingerprint density at radius 3 is 2.54 bits per heavy atom. The summed E-state index contributed by atoms with van der Waals surface area (Å²) in [6.07, 6.45) is 1.40. The van der Waals surface area contributed by atoms with E-state index in [1.807, 2.05) is 18.2 Å². The maximum absolute atomic E-state index is 12.5. The summed E-state index contributed by atoms with van der Waals surface area (Å²) in [5.41, 5.74) is 1.99. The number of para-hydroxylation sites is 2. The van der Waals surface area contributed by atoms with Crippen molar-refractivity contribution in [3.05, 3.63) is 64.4 Å². The van der Waals surface area contributed by atoms with Gasteiger partial charge in [-0.15, -0.1) is 0 Å². The van der Waals surface area contributed by atoms with Gasteiger partial charge in [-0.3, -0.25) is 14.6 Å². The third-order valence-electron chi connectivity index (χ3n) is 3.60. The Morgan fingerprint density at radius 2 is 1.81 bits per heavy atom. The van der Waals surface area contributed by atoms with E-state index in [9.17, 15) is 9.59 Å². The van der Waals surface area contributed by atoms with Gasteiger partial charge < -0.3 is 10.2 Å². The molecule has 0 spiro atoms. The predicted molar refractivity (Wildman–Crippen MR) is 102 cm³/mol. The maximum Gasteiger partial charge on any atom is 0.274 e. The van der Waals surface area contributed by atoms with E-state index in [2.05, 4.69) is 15.3 Å². The summed E-state index contributed by atoms with van der Waals surface area (Å²) in [5.74, 6) is -0.763. The first-order valence-electron chi connectivity index (χ1n) is 7.66. The minimum Gasteiger partial charge on any atom is -0.331 e. The van der Waals surface area contributed by atoms with E-state index in [0.717, 1.165) is 0 Å². The van der Waals surface area contributed by atoms with Crippen molar-refractivity contribution in [2.24, 2.45) is 0 Å². The van der Waals surface area contributed by atoms with Crippen LogP contribution in [0.2, 0.25) is 10.0 Å². The van der Waals surface area contributed by atoms with Crippen molar-refractivity contribution in [2.75, 3.05) is 18.9 Å². The number of fused-ring (bicyclic) bond motifs is 1. The summed E-state index contributed by atoms with van der Waals surface area (Å²) >= 11 is 11.8. The summed E-state index contributed by atoms with van der Waals surface area (Å²) in [5, 5.41) is 3.39. The number of nitrogens with zero attached hydrogens (tertiary/aromatic N) is 3. The smallest absolute Gasteiger partial charge is 0.274 e. The van der Waals surface area contributed by atoms with E-state index in [1.165, 1.54) is 18.1 Å². The number of hydrogen-bond donors (Lipinski definition) is 1. The van der Waals surface area contributed by atoms with Crippen LogP contribution in [0.15, 0.2) is 48.7 Å². The van der Waals surface area contributed by atoms with Crippen LogP contribution in [0.5, 0.6) is 0 Å². The van der Waals surface area contributed by atoms with Crippen molar-refractivity contribution >= 4 is 51.7 Å². The minimum atomic E-state index is -0.396. The van der Waals surface area contributed by atoms with Gasteiger partial charge in [-0.2, -0.15) is 0 Å². The van der Waals surface area contributed by atoms with Crippen LogP contribution >= 0.6 is 23.2 Å². The lowest BCUT2D eigenvalue weighted by Crippen LogP contribution is -2.35. The highest BCUT2D eigenvalue weighted by Gasteiger charge is 2.17. The fraction of sp³-hybridized carbons (Fsp3) is 0.111. The Labute approximate surface area is 159 Å². The number of benzene rings is 2. The molecule has 0 aliphatic carbocycles. The molecule has 0 unspecified atom stereocenters. The second-order valence-corrected chi connectivity index (χ2v) is 6.40. The van der Waals surface area contributed by atoms with Gasteiger partial charge in [-0.05, 0) is 30.3 Å². The number of nitrogens with one attached hydrogen (secondary N) is 1. The van der Waals surface area contributed by atoms with Crippen LogP contribution < -0.4 is 5.32 Å². The molecular formula is C18H14Cl2N4O2. The van der Waals surface area contributed by atoms with Crippen molar-refractivity contribution < 1.29 is 9.59 Å². The third-order valence-corrected chi connectivity index (χ3v) is 4.34. The molecular weight excluding hydrogens is 375 g/mol. The standard InChI is InChI=1S/C18H14Cl2N4O2/c1-24(10-17(25)22-11-6-7-12(19)13(20)8-11)18(26)16-9-21-14-4-2-3-5-15(14)23-16/h2-9H,10H2,1H3,(H,22,25). The maximum atomic E-state index is 12.5. The zero-order chi connectivity index (χ0) is 18.7. The quantitative estimate of drug-likeness (QED) is 0.739. The zero-order valence-electron chi connectivity index (χ0n) is 13.7. The van der Waals surface area contributed by atoms with E-state index in [1.54, 1.807) is 24.3 Å². The highest BCUT2D eigenvalue weighted by Crippen LogP contribution is 2.24. The number of amides is 2. The molecule has 6 nitrogen and oxygen atoms in total. The summed E-state index contributed by atoms with van der Waals surface area (Å²) in [6, 6.07) is 12.0. The van der Waals surface area contributed by atoms with Crippen molar-refractivity contribution in [1.82, 2.24) is 14.9 Å². The number of carbonyl (C=O) groups is 2. The van der Waals surface area contributed by atoms with Crippen LogP contribution in [-0.4, -0.2) is 40.3 Å². The highest BCUT2D eigenvalue weighted by atomic mass is 35.5. The SMILES string of the molecule is CN(CC(=O)Nc1ccc(Cl)c(Cl)c1)C(=O)c1cnc2ccccc2n1. The van der Waals surface area contributed by atoms with Gasteiger partial charge in [-0.25, -0.2) is 4.98 Å². The lowest BCUT2D eigenvalue weighted by molar-refractivity contribution is -0.116. The van der Waals surface area contributed by atoms with Gasteiger partial charge in [0, 0.05) is 12.7 Å². The summed E-state index contributed by atoms with van der Waals surface area (Å²) < 4.78 is 0. The van der Waals surface area contributed by atoms with Gasteiger partial charge in [0.15, 0.2) is 0 Å². The fourth-order valence-electron chi connectivity index (χ4n) is 2.32. The molecule has 132 valence electrons. The Bertz CT molecular complexity index is 994. The molecule has 3 rings (SSSR count). The van der Waals surface area contributed by atoms with Crippen LogP contribution in [-0.2, 0) is 4.79 Å². The average Bonchev–Trinajstić information content (AvgIpc) is 2.63. The first kappa shape index (κ1) is 18.1. The lowest BCUT2D eigenvalue weighted by atomic mass is 10.3. The first-order valence-corrected chi connectivity index (χ1v) is 8.42. The van der Waals surface area contributed by atoms with E-state index < -0.39 is 5.91 Å². The predicted octanol–water partition coefficient (Wildman–Crippen LogP) is 3.65. The summed E-state index contributed by atoms with van der Waals surface area (Å²) in [4.78, 5) is 34.4. The lowest BCUT2D eigenvalue weighted by Gasteiger charge is -2.16. The van der Waals surface area contributed by atoms with Crippen molar-refractivity contribution in [3.8, 4) is 0 Å². The number of anilines is 1. The number of likely N-dealkylation sites (N-methyl/N-ethyl adjacent to an activating group) is 1. The van der Waals surface area contributed by atoms with Crippen LogP contribution in [0.4, 0.5) is 5.69 Å². The molecule has 1 N–H and O–H groups in total. The number of halogens is 2. The van der Waals surface area contributed by atoms with Crippen LogP contribution in [0.3, 0.4) is 0 Å². The molecule has 0 bridgehead atoms. The second kappa shape index (κ2) is 7.68. The van der Waals surface area contributed by atoms with E-state index in [0.29, 0.717) is 26.8 Å². The third kappa shape index (κ3) is 4.09. The molecule has 0 atom stereocenters. The first-order chi connectivity index (χ1) is 12.4. The van der Waals surface area contributed by atoms with Gasteiger partial charge in [0.2, 0.25) is 5.91 Å². The minimum absolute atomic E-state index is 0.145. The normalized spacial score (nSPS) is 10.6. The van der Waals surface area contributed by atoms with Gasteiger partial charge in [0.1, 0.15) is 5.69 Å². The van der Waals surface area contributed by atoms with Crippen molar-refractivity contribution in [1.29, 1.82) is 0 Å². The highest BCUT2D eigenvalue weighted by molar-refractivity contribution is 6.42. The fourth-order valence-corrected chi connectivity index (χ4v) is 2.62. The van der Waals surface area contributed by atoms with Gasteiger partial charge in [0.25, 0.3) is 5.91 Å². The number of aromatic nitrogens is 2. The number of hydrogen-bond acceptors (Lipinski definition) is 4. The molecule has 26 heavy (non-hydrogen) atoms. The summed E-state index contributed by atoms with van der Waals surface area (Å²) in [7, 11) is 1.52. The molecule has 1 heterocycles. The molecule has 2 aromatic carbocycles. The zero-order valence-corrected chi connectivity index (χ0v) is 15.3. The molecule has 0 radical (unpaired) electrons. The van der Waals surface area contributed by atoms with Crippen LogP contribution in [0.25, 0.3) is 11.0 Å². The molecule has 0 aliphatic rings. The second-order valence-electron chi connectivity index (χ2n) is 5.58. The molecule has 8 heteroatoms. The molecule has 0 fully saturated rings. The molecule has 0 saturated heterocycles. The largest absolute Gasteiger partial charge is 0.331 e. The van der Waals surface area contributed by atoms with E-state index >= 15 is 0 Å². The van der Waals surface area contributed by atoms with Gasteiger partial charge in [0.05, 0.1) is 33.8 Å². The van der Waals surface area contributed by atoms with E-state index in [4.69, 9.17) is 23.2 Å². The average molecular weight is 389 g/mol. The van der Waals surface area contributed by atoms with Crippen LogP contribution in [0.1, 0.15) is 10.5 Å². The molecule has 2 amide bonds. The van der Waals surface area contributed by atoms with Gasteiger partial charge >= 0.3 is 0 Å². The van der Waals surface area contributed by atoms with E-state index in [-0.39, 0.29) is 18.1 Å². The van der Waals surface area contributed by atoms with Gasteiger partial charge in [-0.1, -0.05) is 35.3 Å². The number of rotatable bonds is 4. The van der Waals surface area contributed by atoms with Crippen molar-refractivity contribution in [3.63, 3.8) is 0 Å².